The van der Waals surface area contributed by atoms with Crippen LogP contribution < -0.4 is 0 Å². The van der Waals surface area contributed by atoms with E-state index in [1.807, 2.05) is 0 Å². The smallest absolute Gasteiger partial charge is 0.194 e. The normalized spacial score (nSPS) is 18.6. The molecule has 0 unspecified atom stereocenters. The summed E-state index contributed by atoms with van der Waals surface area (Å²) in [4.78, 5) is 12.5. The summed E-state index contributed by atoms with van der Waals surface area (Å²) in [5.41, 5.74) is 0.242. The van der Waals surface area contributed by atoms with Crippen LogP contribution in [0.25, 0.3) is 0 Å². The molecule has 1 aromatic rings. The van der Waals surface area contributed by atoms with Gasteiger partial charge < -0.3 is 9.47 Å². The first-order chi connectivity index (χ1) is 8.57. The van der Waals surface area contributed by atoms with Crippen molar-refractivity contribution in [1.29, 1.82) is 0 Å². The van der Waals surface area contributed by atoms with Crippen molar-refractivity contribution in [2.24, 2.45) is 0 Å². The summed E-state index contributed by atoms with van der Waals surface area (Å²) < 4.78 is 24.0. The lowest BCUT2D eigenvalue weighted by atomic mass is 9.85. The van der Waals surface area contributed by atoms with E-state index >= 15 is 0 Å². The van der Waals surface area contributed by atoms with Crippen LogP contribution in [0.3, 0.4) is 0 Å². The van der Waals surface area contributed by atoms with Gasteiger partial charge in [-0.1, -0.05) is 0 Å². The topological polar surface area (TPSA) is 35.5 Å². The van der Waals surface area contributed by atoms with Crippen molar-refractivity contribution in [1.82, 2.24) is 0 Å². The molecule has 0 saturated carbocycles. The molecule has 1 aromatic carbocycles. The van der Waals surface area contributed by atoms with Gasteiger partial charge in [-0.05, 0) is 30.7 Å². The van der Waals surface area contributed by atoms with E-state index in [-0.39, 0.29) is 5.78 Å². The molecule has 1 saturated heterocycles. The van der Waals surface area contributed by atoms with Crippen LogP contribution >= 0.6 is 0 Å². The van der Waals surface area contributed by atoms with Crippen LogP contribution in [0.1, 0.15) is 28.8 Å². The highest BCUT2D eigenvalue weighted by atomic mass is 19.1. The van der Waals surface area contributed by atoms with Crippen LogP contribution in [0.15, 0.2) is 18.2 Å². The van der Waals surface area contributed by atoms with Crippen molar-refractivity contribution in [2.45, 2.75) is 25.4 Å². The Morgan fingerprint density at radius 1 is 1.33 bits per heavy atom. The molecule has 0 amide bonds. The number of hydrogen-bond donors (Lipinski definition) is 0. The van der Waals surface area contributed by atoms with Crippen LogP contribution in [-0.2, 0) is 9.47 Å². The zero-order chi connectivity index (χ0) is 13.2. The monoisotopic (exact) mass is 252 g/mol. The van der Waals surface area contributed by atoms with E-state index in [1.165, 1.54) is 19.2 Å². The van der Waals surface area contributed by atoms with E-state index in [0.717, 1.165) is 5.56 Å². The molecule has 0 bridgehead atoms. The van der Waals surface area contributed by atoms with Crippen LogP contribution in [0.5, 0.6) is 0 Å². The average molecular weight is 252 g/mol. The predicted molar refractivity (Wildman–Crippen MR) is 65.3 cm³/mol. The van der Waals surface area contributed by atoms with Gasteiger partial charge in [0.25, 0.3) is 0 Å². The molecular weight excluding hydrogens is 235 g/mol. The minimum atomic E-state index is -0.863. The quantitative estimate of drug-likeness (QED) is 0.775. The Morgan fingerprint density at radius 3 is 2.56 bits per heavy atom. The SMILES string of the molecule is COC1(C(=O)c2cc(C)cc(F)c2)CCOCC1. The Hall–Kier alpha value is -1.26. The molecule has 1 aliphatic rings. The van der Waals surface area contributed by atoms with E-state index < -0.39 is 11.4 Å². The van der Waals surface area contributed by atoms with E-state index in [9.17, 15) is 9.18 Å². The van der Waals surface area contributed by atoms with E-state index in [2.05, 4.69) is 0 Å². The van der Waals surface area contributed by atoms with Gasteiger partial charge in [-0.25, -0.2) is 4.39 Å². The number of halogens is 1. The first kappa shape index (κ1) is 13.2. The van der Waals surface area contributed by atoms with Crippen LogP contribution in [0.2, 0.25) is 0 Å². The minimum Gasteiger partial charge on any atom is -0.381 e. The van der Waals surface area contributed by atoms with Crippen molar-refractivity contribution >= 4 is 5.78 Å². The Bertz CT molecular complexity index is 430. The highest BCUT2D eigenvalue weighted by molar-refractivity contribution is 6.02. The van der Waals surface area contributed by atoms with Crippen LogP contribution in [0.4, 0.5) is 4.39 Å². The van der Waals surface area contributed by atoms with E-state index in [0.29, 0.717) is 31.6 Å². The van der Waals surface area contributed by atoms with Gasteiger partial charge in [0, 0.05) is 38.7 Å². The summed E-state index contributed by atoms with van der Waals surface area (Å²) in [6, 6.07) is 4.37. The number of ether oxygens (including phenoxy) is 2. The van der Waals surface area contributed by atoms with Gasteiger partial charge in [-0.2, -0.15) is 0 Å². The van der Waals surface area contributed by atoms with Crippen molar-refractivity contribution in [3.05, 3.63) is 35.1 Å². The molecule has 0 spiro atoms. The third-order valence-corrected chi connectivity index (χ3v) is 3.41. The highest BCUT2D eigenvalue weighted by Gasteiger charge is 2.40. The summed E-state index contributed by atoms with van der Waals surface area (Å²) in [6.07, 6.45) is 1.02. The zero-order valence-electron chi connectivity index (χ0n) is 10.7. The first-order valence-corrected chi connectivity index (χ1v) is 6.02. The summed E-state index contributed by atoms with van der Waals surface area (Å²) in [6.45, 7) is 2.76. The average Bonchev–Trinajstić information content (AvgIpc) is 2.37. The molecule has 0 aromatic heterocycles. The van der Waals surface area contributed by atoms with Gasteiger partial charge >= 0.3 is 0 Å². The fourth-order valence-electron chi connectivity index (χ4n) is 2.36. The van der Waals surface area contributed by atoms with Crippen molar-refractivity contribution in [3.8, 4) is 0 Å². The lowest BCUT2D eigenvalue weighted by Crippen LogP contribution is -2.45. The minimum absolute atomic E-state index is 0.157. The molecule has 0 aliphatic carbocycles. The number of rotatable bonds is 3. The first-order valence-electron chi connectivity index (χ1n) is 6.02. The number of aryl methyl sites for hydroxylation is 1. The molecule has 1 heterocycles. The summed E-state index contributed by atoms with van der Waals surface area (Å²) in [5, 5.41) is 0. The zero-order valence-corrected chi connectivity index (χ0v) is 10.7. The lowest BCUT2D eigenvalue weighted by Gasteiger charge is -2.34. The maximum absolute atomic E-state index is 13.4. The Balaban J connectivity index is 2.33. The molecule has 3 nitrogen and oxygen atoms in total. The fourth-order valence-corrected chi connectivity index (χ4v) is 2.36. The second-order valence-corrected chi connectivity index (χ2v) is 4.66. The lowest BCUT2D eigenvalue weighted by molar-refractivity contribution is -0.0663. The molecule has 1 fully saturated rings. The number of benzene rings is 1. The molecule has 0 radical (unpaired) electrons. The highest BCUT2D eigenvalue weighted by Crippen LogP contribution is 2.29. The molecule has 2 rings (SSSR count). The second kappa shape index (κ2) is 5.16. The molecule has 0 N–H and O–H groups in total. The van der Waals surface area contributed by atoms with Gasteiger partial charge in [0.05, 0.1) is 0 Å². The molecule has 98 valence electrons. The molecule has 1 aliphatic heterocycles. The van der Waals surface area contributed by atoms with Gasteiger partial charge in [0.1, 0.15) is 11.4 Å². The van der Waals surface area contributed by atoms with Crippen molar-refractivity contribution < 1.29 is 18.7 Å². The number of carbonyl (C=O) groups is 1. The second-order valence-electron chi connectivity index (χ2n) is 4.66. The Labute approximate surface area is 106 Å². The molecule has 0 atom stereocenters. The Kier molecular flexibility index (Phi) is 3.78. The number of Topliss-reactive ketones (excluding diaryl/α,β-unsaturated/α-hetero) is 1. The van der Waals surface area contributed by atoms with Crippen molar-refractivity contribution in [3.63, 3.8) is 0 Å². The molecule has 4 heteroatoms. The van der Waals surface area contributed by atoms with Gasteiger partial charge in [0.2, 0.25) is 0 Å². The predicted octanol–water partition coefficient (Wildman–Crippen LogP) is 2.51. The van der Waals surface area contributed by atoms with Gasteiger partial charge in [-0.3, -0.25) is 4.79 Å². The number of ketones is 1. The van der Waals surface area contributed by atoms with E-state index in [1.54, 1.807) is 13.0 Å². The fraction of sp³-hybridized carbons (Fsp3) is 0.500. The Morgan fingerprint density at radius 2 is 2.00 bits per heavy atom. The summed E-state index contributed by atoms with van der Waals surface area (Å²) >= 11 is 0. The summed E-state index contributed by atoms with van der Waals surface area (Å²) in [7, 11) is 1.52. The summed E-state index contributed by atoms with van der Waals surface area (Å²) in [5.74, 6) is -0.549. The van der Waals surface area contributed by atoms with Gasteiger partial charge in [-0.15, -0.1) is 0 Å². The third kappa shape index (κ3) is 2.44. The number of hydrogen-bond acceptors (Lipinski definition) is 3. The maximum Gasteiger partial charge on any atom is 0.194 e. The number of carbonyl (C=O) groups excluding carboxylic acids is 1. The number of methoxy groups -OCH3 is 1. The third-order valence-electron chi connectivity index (χ3n) is 3.41. The molecule has 18 heavy (non-hydrogen) atoms. The molecular formula is C14H17FO3. The standard InChI is InChI=1S/C14H17FO3/c1-10-7-11(9-12(15)8-10)13(16)14(17-2)3-5-18-6-4-14/h7-9H,3-6H2,1-2H3. The van der Waals surface area contributed by atoms with Crippen LogP contribution in [0, 0.1) is 12.7 Å². The van der Waals surface area contributed by atoms with Crippen molar-refractivity contribution in [2.75, 3.05) is 20.3 Å². The van der Waals surface area contributed by atoms with E-state index in [4.69, 9.17) is 9.47 Å². The maximum atomic E-state index is 13.4. The van der Waals surface area contributed by atoms with Gasteiger partial charge in [0.15, 0.2) is 5.78 Å². The largest absolute Gasteiger partial charge is 0.381 e. The van der Waals surface area contributed by atoms with Crippen LogP contribution in [-0.4, -0.2) is 31.7 Å².